The summed E-state index contributed by atoms with van der Waals surface area (Å²) in [5.74, 6) is -3.40. The predicted octanol–water partition coefficient (Wildman–Crippen LogP) is 3.51. The molecule has 0 bridgehead atoms. The Morgan fingerprint density at radius 1 is 0.727 bits per heavy atom. The molecular weight excluding hydrogens is 430 g/mol. The molecule has 0 aromatic carbocycles. The lowest BCUT2D eigenvalue weighted by molar-refractivity contribution is -0.184. The predicted molar refractivity (Wildman–Crippen MR) is 125 cm³/mol. The van der Waals surface area contributed by atoms with Crippen molar-refractivity contribution in [3.05, 3.63) is 12.3 Å². The number of allylic oxidation sites excluding steroid dienone is 1. The summed E-state index contributed by atoms with van der Waals surface area (Å²) in [5, 5.41) is 46.2. The number of carboxylic acid groups (broad SMARTS) is 2. The topological polar surface area (TPSA) is 157 Å². The minimum Gasteiger partial charge on any atom is -0.479 e. The van der Waals surface area contributed by atoms with Gasteiger partial charge < -0.3 is 25.5 Å². The minimum atomic E-state index is -2.33. The van der Waals surface area contributed by atoms with Gasteiger partial charge in [-0.1, -0.05) is 96.5 Å². The molecule has 4 atom stereocenters. The number of carbonyl (C=O) groups is 2. The molecule has 0 heterocycles. The Balaban J connectivity index is 3.72. The number of aliphatic hydroxyl groups is 3. The minimum absolute atomic E-state index is 0.773. The molecule has 0 aromatic heterocycles. The van der Waals surface area contributed by atoms with Crippen molar-refractivity contribution in [2.45, 2.75) is 128 Å². The summed E-state index contributed by atoms with van der Waals surface area (Å²) < 4.78 is 0. The van der Waals surface area contributed by atoms with Gasteiger partial charge in [-0.15, -0.1) is 0 Å². The van der Waals surface area contributed by atoms with E-state index in [-0.39, 0.29) is 0 Å². The molecule has 0 aromatic rings. The van der Waals surface area contributed by atoms with Crippen molar-refractivity contribution in [1.82, 2.24) is 5.48 Å². The van der Waals surface area contributed by atoms with Gasteiger partial charge >= 0.3 is 11.9 Å². The van der Waals surface area contributed by atoms with Crippen LogP contribution < -0.4 is 5.48 Å². The summed E-state index contributed by atoms with van der Waals surface area (Å²) in [7, 11) is 0. The van der Waals surface area contributed by atoms with E-state index in [1.807, 2.05) is 0 Å². The Labute approximate surface area is 197 Å². The van der Waals surface area contributed by atoms with Crippen molar-refractivity contribution in [2.75, 3.05) is 0 Å². The van der Waals surface area contributed by atoms with Crippen molar-refractivity contribution < 1.29 is 40.0 Å². The smallest absolute Gasteiger partial charge is 0.338 e. The van der Waals surface area contributed by atoms with Gasteiger partial charge in [0.1, 0.15) is 12.2 Å². The van der Waals surface area contributed by atoms with Crippen LogP contribution in [-0.4, -0.2) is 61.9 Å². The molecule has 0 spiro atoms. The fourth-order valence-electron chi connectivity index (χ4n) is 3.48. The van der Waals surface area contributed by atoms with Crippen LogP contribution >= 0.6 is 0 Å². The normalized spacial score (nSPS) is 15.3. The first-order valence-corrected chi connectivity index (χ1v) is 12.4. The summed E-state index contributed by atoms with van der Waals surface area (Å²) in [6.45, 7) is 2.24. The van der Waals surface area contributed by atoms with Crippen LogP contribution in [0, 0.1) is 0 Å². The second kappa shape index (κ2) is 20.9. The molecule has 0 fully saturated rings. The zero-order valence-corrected chi connectivity index (χ0v) is 20.0. The zero-order chi connectivity index (χ0) is 24.9. The SMILES string of the molecule is CCCCCCCCCCCCCCCC/C=C/NO[C@@H](C(=O)O)[C@@H](O)[C@H](O)[C@H](O)C(=O)O. The molecule has 0 amide bonds. The largest absolute Gasteiger partial charge is 0.479 e. The molecule has 9 heteroatoms. The number of aliphatic hydroxyl groups excluding tert-OH is 3. The van der Waals surface area contributed by atoms with Crippen molar-refractivity contribution in [1.29, 1.82) is 0 Å². The highest BCUT2D eigenvalue weighted by molar-refractivity contribution is 5.75. The van der Waals surface area contributed by atoms with Crippen LogP contribution in [0.2, 0.25) is 0 Å². The lowest BCUT2D eigenvalue weighted by Gasteiger charge is -2.24. The van der Waals surface area contributed by atoms with E-state index in [9.17, 15) is 24.9 Å². The van der Waals surface area contributed by atoms with Gasteiger partial charge in [-0.05, 0) is 12.8 Å². The Kier molecular flexibility index (Phi) is 19.8. The molecule has 0 aliphatic heterocycles. The molecule has 194 valence electrons. The standard InChI is InChI=1S/C24H45NO8/c1-2-3-4-5-6-7-8-9-10-11-12-13-14-15-16-17-18-25-33-22(24(31)32)20(27)19(26)21(28)23(29)30/h17-22,25-28H,2-16H2,1H3,(H,29,30)(H,31,32)/b18-17+/t19-,20-,21-,22+/m0/s1. The zero-order valence-electron chi connectivity index (χ0n) is 20.0. The molecule has 9 nitrogen and oxygen atoms in total. The highest BCUT2D eigenvalue weighted by Crippen LogP contribution is 2.13. The summed E-state index contributed by atoms with van der Waals surface area (Å²) >= 11 is 0. The fourth-order valence-corrected chi connectivity index (χ4v) is 3.48. The van der Waals surface area contributed by atoms with Crippen molar-refractivity contribution >= 4 is 11.9 Å². The molecular formula is C24H45NO8. The highest BCUT2D eigenvalue weighted by Gasteiger charge is 2.39. The molecule has 0 unspecified atom stereocenters. The van der Waals surface area contributed by atoms with Gasteiger partial charge in [0.25, 0.3) is 0 Å². The molecule has 33 heavy (non-hydrogen) atoms. The fraction of sp³-hybridized carbons (Fsp3) is 0.833. The molecule has 0 aliphatic rings. The number of nitrogens with one attached hydrogen (secondary N) is 1. The van der Waals surface area contributed by atoms with Gasteiger partial charge in [0.2, 0.25) is 6.10 Å². The number of hydroxylamine groups is 1. The maximum absolute atomic E-state index is 11.2. The third kappa shape index (κ3) is 16.6. The van der Waals surface area contributed by atoms with E-state index in [1.165, 1.54) is 83.2 Å². The van der Waals surface area contributed by atoms with Crippen LogP contribution in [-0.2, 0) is 14.4 Å². The monoisotopic (exact) mass is 475 g/mol. The maximum atomic E-state index is 11.2. The third-order valence-electron chi connectivity index (χ3n) is 5.59. The number of unbranched alkanes of at least 4 members (excludes halogenated alkanes) is 14. The first-order valence-electron chi connectivity index (χ1n) is 12.4. The van der Waals surface area contributed by atoms with E-state index in [4.69, 9.17) is 15.1 Å². The van der Waals surface area contributed by atoms with E-state index in [0.29, 0.717) is 0 Å². The quantitative estimate of drug-likeness (QED) is 0.0961. The second-order valence-corrected chi connectivity index (χ2v) is 8.55. The number of hydrogen-bond acceptors (Lipinski definition) is 7. The molecule has 0 rings (SSSR count). The number of aliphatic carboxylic acids is 2. The molecule has 0 radical (unpaired) electrons. The Morgan fingerprint density at radius 3 is 1.61 bits per heavy atom. The van der Waals surface area contributed by atoms with Gasteiger partial charge in [-0.2, -0.15) is 0 Å². The average Bonchev–Trinajstić information content (AvgIpc) is 2.78. The lowest BCUT2D eigenvalue weighted by Crippen LogP contribution is -2.52. The summed E-state index contributed by atoms with van der Waals surface area (Å²) in [5.41, 5.74) is 2.26. The average molecular weight is 476 g/mol. The van der Waals surface area contributed by atoms with E-state index in [0.717, 1.165) is 19.3 Å². The van der Waals surface area contributed by atoms with Crippen molar-refractivity contribution in [2.24, 2.45) is 0 Å². The Bertz CT molecular complexity index is 529. The first-order chi connectivity index (χ1) is 15.8. The van der Waals surface area contributed by atoms with E-state index in [2.05, 4.69) is 12.4 Å². The number of rotatable bonds is 23. The Morgan fingerprint density at radius 2 is 1.18 bits per heavy atom. The van der Waals surface area contributed by atoms with Crippen LogP contribution in [0.15, 0.2) is 12.3 Å². The van der Waals surface area contributed by atoms with Gasteiger partial charge in [-0.25, -0.2) is 9.59 Å². The van der Waals surface area contributed by atoms with Gasteiger partial charge in [0, 0.05) is 6.20 Å². The number of carboxylic acids is 2. The van der Waals surface area contributed by atoms with Gasteiger partial charge in [-0.3, -0.25) is 10.3 Å². The van der Waals surface area contributed by atoms with Crippen molar-refractivity contribution in [3.8, 4) is 0 Å². The van der Waals surface area contributed by atoms with Gasteiger partial charge in [0.15, 0.2) is 6.10 Å². The molecule has 6 N–H and O–H groups in total. The first kappa shape index (κ1) is 31.3. The maximum Gasteiger partial charge on any atom is 0.338 e. The van der Waals surface area contributed by atoms with Crippen LogP contribution in [0.1, 0.15) is 103 Å². The Hall–Kier alpha value is -1.68. The van der Waals surface area contributed by atoms with Gasteiger partial charge in [0.05, 0.1) is 0 Å². The molecule has 0 aliphatic carbocycles. The lowest BCUT2D eigenvalue weighted by atomic mass is 10.0. The summed E-state index contributed by atoms with van der Waals surface area (Å²) in [4.78, 5) is 26.6. The highest BCUT2D eigenvalue weighted by atomic mass is 16.7. The second-order valence-electron chi connectivity index (χ2n) is 8.55. The molecule has 0 saturated heterocycles. The van der Waals surface area contributed by atoms with Crippen LogP contribution in [0.3, 0.4) is 0 Å². The summed E-state index contributed by atoms with van der Waals surface area (Å²) in [6, 6.07) is 0. The third-order valence-corrected chi connectivity index (χ3v) is 5.59. The van der Waals surface area contributed by atoms with E-state index >= 15 is 0 Å². The van der Waals surface area contributed by atoms with Crippen LogP contribution in [0.25, 0.3) is 0 Å². The molecule has 0 saturated carbocycles. The van der Waals surface area contributed by atoms with Crippen molar-refractivity contribution in [3.63, 3.8) is 0 Å². The van der Waals surface area contributed by atoms with E-state index in [1.54, 1.807) is 6.08 Å². The number of hydrogen-bond donors (Lipinski definition) is 6. The van der Waals surface area contributed by atoms with E-state index < -0.39 is 36.4 Å². The van der Waals surface area contributed by atoms with Crippen LogP contribution in [0.4, 0.5) is 0 Å². The summed E-state index contributed by atoms with van der Waals surface area (Å²) in [6.07, 6.45) is 13.2. The van der Waals surface area contributed by atoms with Crippen LogP contribution in [0.5, 0.6) is 0 Å².